The number of ether oxygens (including phenoxy) is 2. The molecule has 0 spiro atoms. The Labute approximate surface area is 192 Å². The van der Waals surface area contributed by atoms with Crippen LogP contribution in [0.2, 0.25) is 0 Å². The molecule has 170 valence electrons. The van der Waals surface area contributed by atoms with Crippen molar-refractivity contribution >= 4 is 17.6 Å². The van der Waals surface area contributed by atoms with Gasteiger partial charge in [0.05, 0.1) is 0 Å². The Morgan fingerprint density at radius 3 is 2.70 bits per heavy atom. The van der Waals surface area contributed by atoms with Gasteiger partial charge in [0.15, 0.2) is 0 Å². The SMILES string of the molecule is CCOCCCNC(=O)/C(C#N)=C/c1c(Oc2ccccc2C)nc2c(C)cccn2c1=O. The van der Waals surface area contributed by atoms with Gasteiger partial charge in [-0.1, -0.05) is 24.3 Å². The van der Waals surface area contributed by atoms with Crippen LogP contribution in [0.1, 0.15) is 30.0 Å². The van der Waals surface area contributed by atoms with Crippen molar-refractivity contribution in [3.63, 3.8) is 0 Å². The number of nitriles is 1. The Bertz CT molecular complexity index is 1290. The summed E-state index contributed by atoms with van der Waals surface area (Å²) in [5.74, 6) is -0.0269. The number of pyridine rings is 1. The monoisotopic (exact) mass is 446 g/mol. The molecule has 0 aliphatic heterocycles. The lowest BCUT2D eigenvalue weighted by molar-refractivity contribution is -0.117. The first-order chi connectivity index (χ1) is 16.0. The van der Waals surface area contributed by atoms with Gasteiger partial charge in [0.2, 0.25) is 5.88 Å². The molecule has 1 N–H and O–H groups in total. The van der Waals surface area contributed by atoms with Gasteiger partial charge in [-0.25, -0.2) is 0 Å². The van der Waals surface area contributed by atoms with Gasteiger partial charge in [-0.05, 0) is 56.5 Å². The third-order valence-corrected chi connectivity index (χ3v) is 4.96. The lowest BCUT2D eigenvalue weighted by atomic mass is 10.1. The number of para-hydroxylation sites is 1. The molecule has 0 saturated heterocycles. The molecule has 3 aromatic rings. The van der Waals surface area contributed by atoms with Crippen LogP contribution in [-0.2, 0) is 9.53 Å². The summed E-state index contributed by atoms with van der Waals surface area (Å²) in [7, 11) is 0. The van der Waals surface area contributed by atoms with E-state index in [1.807, 2.05) is 51.1 Å². The fourth-order valence-corrected chi connectivity index (χ4v) is 3.18. The number of benzene rings is 1. The molecule has 0 bridgehead atoms. The molecule has 1 aromatic carbocycles. The minimum atomic E-state index is -0.579. The molecule has 0 radical (unpaired) electrons. The lowest BCUT2D eigenvalue weighted by Crippen LogP contribution is -2.27. The van der Waals surface area contributed by atoms with Crippen LogP contribution in [0.3, 0.4) is 0 Å². The molecule has 8 nitrogen and oxygen atoms in total. The summed E-state index contributed by atoms with van der Waals surface area (Å²) in [6, 6.07) is 12.8. The number of rotatable bonds is 9. The number of fused-ring (bicyclic) bond motifs is 1. The van der Waals surface area contributed by atoms with Crippen LogP contribution in [-0.4, -0.2) is 35.1 Å². The van der Waals surface area contributed by atoms with E-state index in [9.17, 15) is 14.9 Å². The molecule has 0 aliphatic carbocycles. The average molecular weight is 447 g/mol. The summed E-state index contributed by atoms with van der Waals surface area (Å²) < 4.78 is 12.6. The second-order valence-corrected chi connectivity index (χ2v) is 7.36. The highest BCUT2D eigenvalue weighted by Crippen LogP contribution is 2.27. The lowest BCUT2D eigenvalue weighted by Gasteiger charge is -2.13. The number of amides is 1. The van der Waals surface area contributed by atoms with Crippen molar-refractivity contribution in [2.45, 2.75) is 27.2 Å². The standard InChI is InChI=1S/C25H26N4O4/c1-4-32-14-8-12-27-23(30)19(16-26)15-20-24(33-21-11-6-5-9-17(21)2)28-22-18(3)10-7-13-29(22)25(20)31/h5-7,9-11,13,15H,4,8,12,14H2,1-3H3,(H,27,30)/b19-15+. The van der Waals surface area contributed by atoms with E-state index in [1.165, 1.54) is 10.5 Å². The third kappa shape index (κ3) is 5.64. The van der Waals surface area contributed by atoms with Crippen molar-refractivity contribution in [2.75, 3.05) is 19.8 Å². The Morgan fingerprint density at radius 2 is 1.97 bits per heavy atom. The van der Waals surface area contributed by atoms with E-state index in [0.29, 0.717) is 37.6 Å². The van der Waals surface area contributed by atoms with E-state index in [2.05, 4.69) is 10.3 Å². The van der Waals surface area contributed by atoms with Crippen molar-refractivity contribution in [3.05, 3.63) is 75.2 Å². The Balaban J connectivity index is 2.05. The zero-order valence-electron chi connectivity index (χ0n) is 18.9. The molecule has 1 amide bonds. The van der Waals surface area contributed by atoms with Gasteiger partial charge in [-0.15, -0.1) is 0 Å². The van der Waals surface area contributed by atoms with Gasteiger partial charge < -0.3 is 14.8 Å². The summed E-state index contributed by atoms with van der Waals surface area (Å²) in [5, 5.41) is 12.3. The van der Waals surface area contributed by atoms with Crippen molar-refractivity contribution in [2.24, 2.45) is 0 Å². The first-order valence-electron chi connectivity index (χ1n) is 10.7. The second-order valence-electron chi connectivity index (χ2n) is 7.36. The summed E-state index contributed by atoms with van der Waals surface area (Å²) in [6.07, 6.45) is 3.43. The minimum absolute atomic E-state index is 0.0161. The maximum Gasteiger partial charge on any atom is 0.269 e. The van der Waals surface area contributed by atoms with Crippen molar-refractivity contribution in [1.82, 2.24) is 14.7 Å². The zero-order chi connectivity index (χ0) is 23.8. The summed E-state index contributed by atoms with van der Waals surface area (Å²) in [5.41, 5.74) is 1.43. The van der Waals surface area contributed by atoms with E-state index >= 15 is 0 Å². The minimum Gasteiger partial charge on any atom is -0.438 e. The predicted molar refractivity (Wildman–Crippen MR) is 125 cm³/mol. The Kier molecular flexibility index (Phi) is 7.95. The van der Waals surface area contributed by atoms with Crippen LogP contribution >= 0.6 is 0 Å². The van der Waals surface area contributed by atoms with E-state index in [4.69, 9.17) is 9.47 Å². The van der Waals surface area contributed by atoms with Crippen LogP contribution in [0.25, 0.3) is 11.7 Å². The number of aryl methyl sites for hydroxylation is 2. The summed E-state index contributed by atoms with van der Waals surface area (Å²) >= 11 is 0. The van der Waals surface area contributed by atoms with Crippen LogP contribution in [0, 0.1) is 25.2 Å². The molecule has 0 unspecified atom stereocenters. The molecule has 0 atom stereocenters. The van der Waals surface area contributed by atoms with Crippen molar-refractivity contribution < 1.29 is 14.3 Å². The smallest absolute Gasteiger partial charge is 0.269 e. The van der Waals surface area contributed by atoms with Gasteiger partial charge in [0.25, 0.3) is 11.5 Å². The molecule has 2 aromatic heterocycles. The van der Waals surface area contributed by atoms with Crippen LogP contribution in [0.5, 0.6) is 11.6 Å². The normalized spacial score (nSPS) is 11.3. The van der Waals surface area contributed by atoms with Crippen LogP contribution < -0.4 is 15.6 Å². The molecular weight excluding hydrogens is 420 g/mol. The molecule has 2 heterocycles. The molecule has 0 saturated carbocycles. The Hall–Kier alpha value is -3.96. The zero-order valence-corrected chi connectivity index (χ0v) is 18.9. The first-order valence-corrected chi connectivity index (χ1v) is 10.7. The van der Waals surface area contributed by atoms with Gasteiger partial charge in [-0.3, -0.25) is 14.0 Å². The topological polar surface area (TPSA) is 106 Å². The van der Waals surface area contributed by atoms with Crippen molar-refractivity contribution in [1.29, 1.82) is 5.26 Å². The number of nitrogens with one attached hydrogen (secondary N) is 1. The van der Waals surface area contributed by atoms with Gasteiger partial charge in [0.1, 0.15) is 28.6 Å². The maximum atomic E-state index is 13.3. The number of carbonyl (C=O) groups excluding carboxylic acids is 1. The summed E-state index contributed by atoms with van der Waals surface area (Å²) in [4.78, 5) is 30.4. The van der Waals surface area contributed by atoms with Crippen molar-refractivity contribution in [3.8, 4) is 17.7 Å². The highest BCUT2D eigenvalue weighted by molar-refractivity contribution is 6.01. The van der Waals surface area contributed by atoms with Gasteiger partial charge in [-0.2, -0.15) is 10.2 Å². The maximum absolute atomic E-state index is 13.3. The number of hydrogen-bond acceptors (Lipinski definition) is 6. The molecule has 33 heavy (non-hydrogen) atoms. The number of carbonyl (C=O) groups is 1. The van der Waals surface area contributed by atoms with Gasteiger partial charge in [0, 0.05) is 26.0 Å². The number of nitrogens with zero attached hydrogens (tertiary/aromatic N) is 3. The first kappa shape index (κ1) is 23.7. The highest BCUT2D eigenvalue weighted by atomic mass is 16.5. The van der Waals surface area contributed by atoms with Crippen LogP contribution in [0.4, 0.5) is 0 Å². The largest absolute Gasteiger partial charge is 0.438 e. The Morgan fingerprint density at radius 1 is 1.21 bits per heavy atom. The molecule has 0 aliphatic rings. The molecule has 8 heteroatoms. The third-order valence-electron chi connectivity index (χ3n) is 4.96. The van der Waals surface area contributed by atoms with E-state index in [1.54, 1.807) is 18.3 Å². The van der Waals surface area contributed by atoms with E-state index in [0.717, 1.165) is 11.1 Å². The van der Waals surface area contributed by atoms with E-state index in [-0.39, 0.29) is 17.0 Å². The fraction of sp³-hybridized carbons (Fsp3) is 0.280. The average Bonchev–Trinajstić information content (AvgIpc) is 2.81. The fourth-order valence-electron chi connectivity index (χ4n) is 3.18. The second kappa shape index (κ2) is 11.1. The number of aromatic nitrogens is 2. The van der Waals surface area contributed by atoms with E-state index < -0.39 is 11.5 Å². The highest BCUT2D eigenvalue weighted by Gasteiger charge is 2.18. The predicted octanol–water partition coefficient (Wildman–Crippen LogP) is 3.55. The quantitative estimate of drug-likeness (QED) is 0.306. The van der Waals surface area contributed by atoms with Crippen LogP contribution in [0.15, 0.2) is 53.0 Å². The molecule has 0 fully saturated rings. The molecular formula is C25H26N4O4. The van der Waals surface area contributed by atoms with Gasteiger partial charge >= 0.3 is 0 Å². The molecule has 3 rings (SSSR count). The number of hydrogen-bond donors (Lipinski definition) is 1. The summed E-state index contributed by atoms with van der Waals surface area (Å²) in [6.45, 7) is 7.05.